The van der Waals surface area contributed by atoms with Crippen molar-refractivity contribution in [2.45, 2.75) is 37.0 Å². The molecule has 134 valence electrons. The molecule has 1 atom stereocenters. The molecule has 1 aliphatic heterocycles. The molecule has 1 saturated carbocycles. The van der Waals surface area contributed by atoms with Gasteiger partial charge < -0.3 is 10.2 Å². The third-order valence-corrected chi connectivity index (χ3v) is 6.90. The van der Waals surface area contributed by atoms with Gasteiger partial charge in [0.25, 0.3) is 0 Å². The first-order valence-electron chi connectivity index (χ1n) is 8.19. The standard InChI is InChI=1S/C16H23N3O3S.ClH/c20-16(12-23(21,22)14-5-1-2-6-14)19-9-8-18-11-15(19)13-4-3-7-17-10-13;/h3-4,7,10,14-15,18H,1-2,5-6,8-9,11-12H2;1H. The first kappa shape index (κ1) is 19.1. The van der Waals surface area contributed by atoms with Crippen LogP contribution in [0, 0.1) is 0 Å². The zero-order valence-electron chi connectivity index (χ0n) is 13.6. The summed E-state index contributed by atoms with van der Waals surface area (Å²) in [5.74, 6) is -0.652. The normalized spacial score (nSPS) is 22.2. The summed E-state index contributed by atoms with van der Waals surface area (Å²) < 4.78 is 24.9. The quantitative estimate of drug-likeness (QED) is 0.861. The van der Waals surface area contributed by atoms with Gasteiger partial charge in [0, 0.05) is 32.0 Å². The Morgan fingerprint density at radius 2 is 2.08 bits per heavy atom. The Kier molecular flexibility index (Phi) is 6.60. The molecule has 2 aliphatic rings. The second-order valence-electron chi connectivity index (χ2n) is 6.31. The van der Waals surface area contributed by atoms with E-state index >= 15 is 0 Å². The number of halogens is 1. The number of rotatable bonds is 4. The van der Waals surface area contributed by atoms with Crippen LogP contribution in [0.5, 0.6) is 0 Å². The average Bonchev–Trinajstić information content (AvgIpc) is 3.11. The minimum absolute atomic E-state index is 0. The zero-order valence-corrected chi connectivity index (χ0v) is 15.2. The summed E-state index contributed by atoms with van der Waals surface area (Å²) in [5.41, 5.74) is 0.936. The maximum atomic E-state index is 12.7. The summed E-state index contributed by atoms with van der Waals surface area (Å²) in [7, 11) is -3.34. The molecule has 1 amide bonds. The van der Waals surface area contributed by atoms with Gasteiger partial charge in [-0.1, -0.05) is 18.9 Å². The fraction of sp³-hybridized carbons (Fsp3) is 0.625. The van der Waals surface area contributed by atoms with Crippen molar-refractivity contribution in [1.29, 1.82) is 0 Å². The van der Waals surface area contributed by atoms with Gasteiger partial charge in [-0.2, -0.15) is 0 Å². The molecule has 24 heavy (non-hydrogen) atoms. The van der Waals surface area contributed by atoms with E-state index in [1.807, 2.05) is 12.1 Å². The van der Waals surface area contributed by atoms with Gasteiger partial charge in [0.15, 0.2) is 9.84 Å². The number of nitrogens with zero attached hydrogens (tertiary/aromatic N) is 2. The Hall–Kier alpha value is -1.18. The van der Waals surface area contributed by atoms with E-state index in [4.69, 9.17) is 0 Å². The molecule has 1 unspecified atom stereocenters. The van der Waals surface area contributed by atoms with Crippen LogP contribution in [0.4, 0.5) is 0 Å². The van der Waals surface area contributed by atoms with Crippen molar-refractivity contribution in [3.8, 4) is 0 Å². The van der Waals surface area contributed by atoms with Crippen LogP contribution in [-0.4, -0.2) is 54.8 Å². The van der Waals surface area contributed by atoms with E-state index in [0.717, 1.165) is 18.4 Å². The lowest BCUT2D eigenvalue weighted by atomic mass is 10.1. The van der Waals surface area contributed by atoms with Crippen LogP contribution >= 0.6 is 12.4 Å². The third kappa shape index (κ3) is 4.26. The van der Waals surface area contributed by atoms with E-state index in [1.54, 1.807) is 17.3 Å². The van der Waals surface area contributed by atoms with E-state index < -0.39 is 9.84 Å². The summed E-state index contributed by atoms with van der Waals surface area (Å²) in [6, 6.07) is 3.61. The lowest BCUT2D eigenvalue weighted by molar-refractivity contribution is -0.131. The number of hydrogen-bond acceptors (Lipinski definition) is 5. The van der Waals surface area contributed by atoms with E-state index in [0.29, 0.717) is 32.5 Å². The van der Waals surface area contributed by atoms with Crippen LogP contribution in [0.25, 0.3) is 0 Å². The van der Waals surface area contributed by atoms with E-state index in [1.165, 1.54) is 0 Å². The predicted molar refractivity (Wildman–Crippen MR) is 94.9 cm³/mol. The maximum Gasteiger partial charge on any atom is 0.238 e. The van der Waals surface area contributed by atoms with Crippen LogP contribution in [0.3, 0.4) is 0 Å². The summed E-state index contributed by atoms with van der Waals surface area (Å²) in [6.45, 7) is 1.84. The first-order valence-corrected chi connectivity index (χ1v) is 9.91. The molecule has 2 heterocycles. The fourth-order valence-electron chi connectivity index (χ4n) is 3.49. The molecule has 1 N–H and O–H groups in total. The highest BCUT2D eigenvalue weighted by molar-refractivity contribution is 7.92. The second-order valence-corrected chi connectivity index (χ2v) is 8.59. The van der Waals surface area contributed by atoms with Crippen LogP contribution in [0.1, 0.15) is 37.3 Å². The molecule has 0 aromatic carbocycles. The summed E-state index contributed by atoms with van der Waals surface area (Å²) in [5, 5.41) is 2.94. The van der Waals surface area contributed by atoms with Gasteiger partial charge >= 0.3 is 0 Å². The largest absolute Gasteiger partial charge is 0.332 e. The number of carbonyl (C=O) groups is 1. The number of sulfone groups is 1. The molecule has 3 rings (SSSR count). The van der Waals surface area contributed by atoms with Crippen molar-refractivity contribution < 1.29 is 13.2 Å². The van der Waals surface area contributed by atoms with Gasteiger partial charge in [0.1, 0.15) is 5.75 Å². The van der Waals surface area contributed by atoms with Gasteiger partial charge in [-0.3, -0.25) is 9.78 Å². The van der Waals surface area contributed by atoms with Crippen molar-refractivity contribution >= 4 is 28.2 Å². The minimum atomic E-state index is -3.34. The van der Waals surface area contributed by atoms with Crippen molar-refractivity contribution in [3.63, 3.8) is 0 Å². The molecule has 6 nitrogen and oxygen atoms in total. The van der Waals surface area contributed by atoms with E-state index in [-0.39, 0.29) is 35.4 Å². The number of aromatic nitrogens is 1. The number of hydrogen-bond donors (Lipinski definition) is 1. The molecule has 0 radical (unpaired) electrons. The Morgan fingerprint density at radius 3 is 2.75 bits per heavy atom. The number of piperazine rings is 1. The molecular formula is C16H24ClN3O3S. The highest BCUT2D eigenvalue weighted by Gasteiger charge is 2.35. The first-order chi connectivity index (χ1) is 11.1. The zero-order chi connectivity index (χ0) is 16.3. The second kappa shape index (κ2) is 8.27. The maximum absolute atomic E-state index is 12.7. The number of pyridine rings is 1. The number of carbonyl (C=O) groups excluding carboxylic acids is 1. The molecule has 2 fully saturated rings. The van der Waals surface area contributed by atoms with Gasteiger partial charge in [-0.15, -0.1) is 12.4 Å². The van der Waals surface area contributed by atoms with Crippen LogP contribution in [-0.2, 0) is 14.6 Å². The molecular weight excluding hydrogens is 350 g/mol. The number of nitrogens with one attached hydrogen (secondary N) is 1. The topological polar surface area (TPSA) is 79.4 Å². The van der Waals surface area contributed by atoms with Crippen LogP contribution in [0.2, 0.25) is 0 Å². The third-order valence-electron chi connectivity index (χ3n) is 4.77. The Balaban J connectivity index is 0.00000208. The average molecular weight is 374 g/mol. The molecule has 0 spiro atoms. The lowest BCUT2D eigenvalue weighted by Gasteiger charge is -2.36. The van der Waals surface area contributed by atoms with E-state index in [9.17, 15) is 13.2 Å². The molecule has 1 aromatic heterocycles. The summed E-state index contributed by atoms with van der Waals surface area (Å²) in [4.78, 5) is 18.5. The monoisotopic (exact) mass is 373 g/mol. The van der Waals surface area contributed by atoms with Crippen molar-refractivity contribution in [1.82, 2.24) is 15.2 Å². The summed E-state index contributed by atoms with van der Waals surface area (Å²) in [6.07, 6.45) is 6.72. The minimum Gasteiger partial charge on any atom is -0.332 e. The SMILES string of the molecule is Cl.O=C(CS(=O)(=O)C1CCCC1)N1CCNCC1c1cccnc1. The van der Waals surface area contributed by atoms with E-state index in [2.05, 4.69) is 10.3 Å². The fourth-order valence-corrected chi connectivity index (χ4v) is 5.29. The molecule has 0 bridgehead atoms. The van der Waals surface area contributed by atoms with Gasteiger partial charge in [-0.25, -0.2) is 8.42 Å². The summed E-state index contributed by atoms with van der Waals surface area (Å²) >= 11 is 0. The highest BCUT2D eigenvalue weighted by Crippen LogP contribution is 2.27. The van der Waals surface area contributed by atoms with Crippen molar-refractivity contribution in [3.05, 3.63) is 30.1 Å². The van der Waals surface area contributed by atoms with Crippen molar-refractivity contribution in [2.24, 2.45) is 0 Å². The Labute approximate surface area is 149 Å². The van der Waals surface area contributed by atoms with Crippen LogP contribution < -0.4 is 5.32 Å². The molecule has 1 aliphatic carbocycles. The highest BCUT2D eigenvalue weighted by atomic mass is 35.5. The van der Waals surface area contributed by atoms with Gasteiger partial charge in [-0.05, 0) is 24.5 Å². The number of amides is 1. The van der Waals surface area contributed by atoms with Crippen molar-refractivity contribution in [2.75, 3.05) is 25.4 Å². The molecule has 1 saturated heterocycles. The lowest BCUT2D eigenvalue weighted by Crippen LogP contribution is -2.50. The smallest absolute Gasteiger partial charge is 0.238 e. The van der Waals surface area contributed by atoms with Crippen LogP contribution in [0.15, 0.2) is 24.5 Å². The Morgan fingerprint density at radius 1 is 1.33 bits per heavy atom. The predicted octanol–water partition coefficient (Wildman–Crippen LogP) is 1.33. The van der Waals surface area contributed by atoms with Gasteiger partial charge in [0.2, 0.25) is 5.91 Å². The molecule has 1 aromatic rings. The molecule has 8 heteroatoms. The Bertz CT molecular complexity index is 648. The van der Waals surface area contributed by atoms with Gasteiger partial charge in [0.05, 0.1) is 11.3 Å².